The number of thiophene rings is 1. The lowest BCUT2D eigenvalue weighted by molar-refractivity contribution is 1.02. The summed E-state index contributed by atoms with van der Waals surface area (Å²) in [5.41, 5.74) is 5.33. The molecule has 0 aliphatic heterocycles. The third-order valence-electron chi connectivity index (χ3n) is 12.5. The number of hydrogen-bond donors (Lipinski definition) is 0. The normalized spacial score (nSPS) is 12.6. The molecule has 56 heavy (non-hydrogen) atoms. The average molecular weight is 726 g/mol. The van der Waals surface area contributed by atoms with E-state index in [9.17, 15) is 0 Å². The van der Waals surface area contributed by atoms with E-state index in [1.54, 1.807) is 11.3 Å². The minimum atomic E-state index is 0.690. The maximum Gasteiger partial charge on any atom is 0.235 e. The first-order valence-corrected chi connectivity index (χ1v) is 20.0. The highest BCUT2D eigenvalue weighted by Crippen LogP contribution is 2.51. The molecule has 3 nitrogen and oxygen atoms in total. The van der Waals surface area contributed by atoms with Crippen LogP contribution in [0.3, 0.4) is 0 Å². The molecule has 0 radical (unpaired) electrons. The lowest BCUT2D eigenvalue weighted by Gasteiger charge is -2.14. The van der Waals surface area contributed by atoms with E-state index in [0.29, 0.717) is 5.95 Å². The standard InChI is InChI=1S/C52H27N3S/c1-2-13-29-28(12-1)26-41(35-19-8-3-14-30(29)35)50-51-49(39-20-9-10-23-44(39)56-51)53-52(54-50)55-42-22-11-21-36-31-15-4-5-16-32(31)38-25-24-37-33-17-6-7-18-34(33)40-27-43(55)48(46(36)42)47(38)45(37)40/h1-27H. The van der Waals surface area contributed by atoms with Gasteiger partial charge in [0.25, 0.3) is 0 Å². The molecule has 4 heteroatoms. The Morgan fingerprint density at radius 2 is 0.946 bits per heavy atom. The molecule has 0 bridgehead atoms. The monoisotopic (exact) mass is 725 g/mol. The van der Waals surface area contributed by atoms with Crippen LogP contribution in [-0.4, -0.2) is 14.5 Å². The van der Waals surface area contributed by atoms with Crippen LogP contribution in [0.1, 0.15) is 0 Å². The lowest BCUT2D eigenvalue weighted by atomic mass is 9.95. The van der Waals surface area contributed by atoms with Gasteiger partial charge in [0.15, 0.2) is 0 Å². The number of rotatable bonds is 2. The molecule has 3 heterocycles. The predicted molar refractivity (Wildman–Crippen MR) is 240 cm³/mol. The Hall–Kier alpha value is -7.14. The highest BCUT2D eigenvalue weighted by atomic mass is 32.1. The van der Waals surface area contributed by atoms with E-state index >= 15 is 0 Å². The highest BCUT2D eigenvalue weighted by molar-refractivity contribution is 7.26. The molecule has 0 unspecified atom stereocenters. The van der Waals surface area contributed by atoms with E-state index in [1.165, 1.54) is 90.9 Å². The molecule has 0 atom stereocenters. The summed E-state index contributed by atoms with van der Waals surface area (Å²) in [6.07, 6.45) is 0. The minimum absolute atomic E-state index is 0.690. The summed E-state index contributed by atoms with van der Waals surface area (Å²) in [6, 6.07) is 60.3. The second-order valence-electron chi connectivity index (χ2n) is 15.2. The van der Waals surface area contributed by atoms with Crippen molar-refractivity contribution in [3.05, 3.63) is 164 Å². The van der Waals surface area contributed by atoms with E-state index in [1.807, 2.05) is 0 Å². The number of hydrogen-bond acceptors (Lipinski definition) is 3. The van der Waals surface area contributed by atoms with E-state index in [0.717, 1.165) is 37.9 Å². The van der Waals surface area contributed by atoms with Gasteiger partial charge < -0.3 is 0 Å². The molecule has 0 amide bonds. The molecule has 0 fully saturated rings. The van der Waals surface area contributed by atoms with Crippen molar-refractivity contribution in [1.29, 1.82) is 0 Å². The Labute approximate surface area is 323 Å². The molecule has 0 saturated carbocycles. The van der Waals surface area contributed by atoms with Crippen molar-refractivity contribution in [2.24, 2.45) is 0 Å². The summed E-state index contributed by atoms with van der Waals surface area (Å²) in [5.74, 6) is 0.690. The van der Waals surface area contributed by atoms with Crippen LogP contribution in [0.2, 0.25) is 0 Å². The Bertz CT molecular complexity index is 4000. The van der Waals surface area contributed by atoms with Gasteiger partial charge in [-0.1, -0.05) is 140 Å². The first-order valence-electron chi connectivity index (χ1n) is 19.2. The molecular formula is C52H27N3S. The van der Waals surface area contributed by atoms with E-state index < -0.39 is 0 Å². The Morgan fingerprint density at radius 1 is 0.375 bits per heavy atom. The van der Waals surface area contributed by atoms with Crippen LogP contribution in [0.5, 0.6) is 0 Å². The molecule has 14 aromatic rings. The summed E-state index contributed by atoms with van der Waals surface area (Å²) in [5, 5.41) is 21.4. The van der Waals surface area contributed by atoms with Crippen molar-refractivity contribution >= 4 is 129 Å². The van der Waals surface area contributed by atoms with Gasteiger partial charge in [-0.05, 0) is 94.3 Å². The van der Waals surface area contributed by atoms with Crippen molar-refractivity contribution in [2.45, 2.75) is 0 Å². The van der Waals surface area contributed by atoms with Gasteiger partial charge in [-0.15, -0.1) is 11.3 Å². The topological polar surface area (TPSA) is 30.7 Å². The van der Waals surface area contributed by atoms with E-state index in [4.69, 9.17) is 9.97 Å². The fraction of sp³-hybridized carbons (Fsp3) is 0. The minimum Gasteiger partial charge on any atom is -0.278 e. The molecule has 0 N–H and O–H groups in total. The van der Waals surface area contributed by atoms with E-state index in [-0.39, 0.29) is 0 Å². The fourth-order valence-corrected chi connectivity index (χ4v) is 11.4. The quantitative estimate of drug-likeness (QED) is 0.166. The third-order valence-corrected chi connectivity index (χ3v) is 13.6. The molecule has 0 saturated heterocycles. The lowest BCUT2D eigenvalue weighted by Crippen LogP contribution is -2.03. The second kappa shape index (κ2) is 10.3. The van der Waals surface area contributed by atoms with Gasteiger partial charge in [0, 0.05) is 31.8 Å². The summed E-state index contributed by atoms with van der Waals surface area (Å²) in [4.78, 5) is 11.3. The zero-order chi connectivity index (χ0) is 36.2. The van der Waals surface area contributed by atoms with Crippen LogP contribution in [0.4, 0.5) is 0 Å². The van der Waals surface area contributed by atoms with Crippen molar-refractivity contribution < 1.29 is 0 Å². The first kappa shape index (κ1) is 29.2. The van der Waals surface area contributed by atoms with Gasteiger partial charge in [-0.2, -0.15) is 0 Å². The number of nitrogens with zero attached hydrogens (tertiary/aromatic N) is 3. The summed E-state index contributed by atoms with van der Waals surface area (Å²) < 4.78 is 4.69. The third kappa shape index (κ3) is 3.54. The maximum atomic E-state index is 5.74. The van der Waals surface area contributed by atoms with Gasteiger partial charge in [0.2, 0.25) is 5.95 Å². The molecule has 14 rings (SSSR count). The van der Waals surface area contributed by atoms with Crippen molar-refractivity contribution in [3.8, 4) is 17.2 Å². The van der Waals surface area contributed by atoms with Crippen LogP contribution >= 0.6 is 11.3 Å². The Kier molecular flexibility index (Phi) is 5.40. The molecule has 0 aliphatic carbocycles. The van der Waals surface area contributed by atoms with Crippen LogP contribution < -0.4 is 0 Å². The first-order chi connectivity index (χ1) is 27.8. The summed E-state index contributed by atoms with van der Waals surface area (Å²) in [7, 11) is 0. The Balaban J connectivity index is 1.23. The van der Waals surface area contributed by atoms with Crippen LogP contribution in [-0.2, 0) is 0 Å². The summed E-state index contributed by atoms with van der Waals surface area (Å²) >= 11 is 1.79. The molecular weight excluding hydrogens is 699 g/mol. The highest BCUT2D eigenvalue weighted by Gasteiger charge is 2.26. The van der Waals surface area contributed by atoms with Gasteiger partial charge in [0.05, 0.1) is 26.9 Å². The van der Waals surface area contributed by atoms with Crippen molar-refractivity contribution in [3.63, 3.8) is 0 Å². The largest absolute Gasteiger partial charge is 0.278 e. The SMILES string of the molecule is c1ccc2c(c1)cc(-c1nc(-n3c4cccc5c6ccccc6c6ccc7c8ccccc8c8cc3c(c6c78)c54)nc3c1sc1ccccc13)c1ccccc12. The van der Waals surface area contributed by atoms with Gasteiger partial charge in [-0.25, -0.2) is 9.97 Å². The zero-order valence-corrected chi connectivity index (χ0v) is 30.7. The Morgan fingerprint density at radius 3 is 1.70 bits per heavy atom. The fourth-order valence-electron chi connectivity index (χ4n) is 10.2. The molecule has 3 aromatic heterocycles. The molecule has 256 valence electrons. The van der Waals surface area contributed by atoms with Gasteiger partial charge >= 0.3 is 0 Å². The smallest absolute Gasteiger partial charge is 0.235 e. The zero-order valence-electron chi connectivity index (χ0n) is 29.8. The van der Waals surface area contributed by atoms with Crippen LogP contribution in [0.15, 0.2) is 164 Å². The van der Waals surface area contributed by atoms with Crippen LogP contribution in [0, 0.1) is 0 Å². The number of benzene rings is 9. The summed E-state index contributed by atoms with van der Waals surface area (Å²) in [6.45, 7) is 0. The average Bonchev–Trinajstić information content (AvgIpc) is 3.89. The number of fused-ring (bicyclic) bond motifs is 12. The maximum absolute atomic E-state index is 5.74. The predicted octanol–water partition coefficient (Wildman–Crippen LogP) is 14.6. The number of aromatic nitrogens is 3. The van der Waals surface area contributed by atoms with Crippen LogP contribution in [0.25, 0.3) is 135 Å². The second-order valence-corrected chi connectivity index (χ2v) is 16.2. The molecule has 11 aromatic carbocycles. The van der Waals surface area contributed by atoms with Crippen molar-refractivity contribution in [1.82, 2.24) is 14.5 Å². The van der Waals surface area contributed by atoms with Gasteiger partial charge in [0.1, 0.15) is 0 Å². The molecule has 0 aliphatic rings. The molecule has 0 spiro atoms. The van der Waals surface area contributed by atoms with Crippen molar-refractivity contribution in [2.75, 3.05) is 0 Å². The van der Waals surface area contributed by atoms with E-state index in [2.05, 4.69) is 168 Å². The van der Waals surface area contributed by atoms with Gasteiger partial charge in [-0.3, -0.25) is 4.57 Å².